The molecule has 6 heteroatoms. The molecule has 0 amide bonds. The van der Waals surface area contributed by atoms with Gasteiger partial charge in [-0.1, -0.05) is 0 Å². The molecule has 0 saturated carbocycles. The van der Waals surface area contributed by atoms with Crippen molar-refractivity contribution in [3.05, 3.63) is 18.2 Å². The van der Waals surface area contributed by atoms with E-state index in [-0.39, 0.29) is 6.42 Å². The smallest absolute Gasteiger partial charge is 0.349 e. The van der Waals surface area contributed by atoms with Crippen molar-refractivity contribution in [2.75, 3.05) is 0 Å². The van der Waals surface area contributed by atoms with Gasteiger partial charge in [-0.3, -0.25) is 0 Å². The fourth-order valence-electron chi connectivity index (χ4n) is 1.04. The van der Waals surface area contributed by atoms with Gasteiger partial charge in [-0.05, 0) is 6.42 Å². The summed E-state index contributed by atoms with van der Waals surface area (Å²) >= 11 is 5.72. The summed E-state index contributed by atoms with van der Waals surface area (Å²) in [7, 11) is 0. The number of H-pyrrole nitrogens is 1. The number of rotatable bonds is 4. The summed E-state index contributed by atoms with van der Waals surface area (Å²) < 4.78 is 35.4. The molecule has 0 aliphatic rings. The molecule has 2 nitrogen and oxygen atoms in total. The van der Waals surface area contributed by atoms with E-state index in [2.05, 4.69) is 9.97 Å². The third-order valence-electron chi connectivity index (χ3n) is 1.71. The SMILES string of the molecule is FC(F)(F)CCC(Cl)Cc1ncc[nH]1. The topological polar surface area (TPSA) is 28.7 Å². The van der Waals surface area contributed by atoms with Crippen LogP contribution in [0.25, 0.3) is 0 Å². The second-order valence-electron chi connectivity index (χ2n) is 2.99. The van der Waals surface area contributed by atoms with Gasteiger partial charge in [0.05, 0.1) is 0 Å². The van der Waals surface area contributed by atoms with Crippen molar-refractivity contribution >= 4 is 11.6 Å². The second kappa shape index (κ2) is 4.68. The van der Waals surface area contributed by atoms with E-state index in [1.165, 1.54) is 0 Å². The molecule has 1 heterocycles. The Labute approximate surface area is 84.5 Å². The van der Waals surface area contributed by atoms with Crippen LogP contribution >= 0.6 is 11.6 Å². The fraction of sp³-hybridized carbons (Fsp3) is 0.625. The average Bonchev–Trinajstić information content (AvgIpc) is 2.52. The Morgan fingerprint density at radius 2 is 2.21 bits per heavy atom. The normalized spacial score (nSPS) is 14.3. The van der Waals surface area contributed by atoms with Crippen LogP contribution in [0.5, 0.6) is 0 Å². The average molecular weight is 227 g/mol. The maximum Gasteiger partial charge on any atom is 0.389 e. The van der Waals surface area contributed by atoms with Crippen LogP contribution < -0.4 is 0 Å². The number of imidazole rings is 1. The van der Waals surface area contributed by atoms with Gasteiger partial charge < -0.3 is 4.98 Å². The number of alkyl halides is 4. The lowest BCUT2D eigenvalue weighted by atomic mass is 10.2. The third kappa shape index (κ3) is 4.50. The third-order valence-corrected chi connectivity index (χ3v) is 2.08. The Morgan fingerprint density at radius 1 is 1.50 bits per heavy atom. The van der Waals surface area contributed by atoms with Crippen molar-refractivity contribution in [1.29, 1.82) is 0 Å². The van der Waals surface area contributed by atoms with Crippen LogP contribution in [0.15, 0.2) is 12.4 Å². The van der Waals surface area contributed by atoms with Gasteiger partial charge in [0.25, 0.3) is 0 Å². The first-order valence-corrected chi connectivity index (χ1v) is 4.60. The number of hydrogen-bond acceptors (Lipinski definition) is 1. The first-order chi connectivity index (χ1) is 6.47. The Morgan fingerprint density at radius 3 is 2.71 bits per heavy atom. The second-order valence-corrected chi connectivity index (χ2v) is 3.61. The Bertz CT molecular complexity index is 258. The molecule has 1 atom stereocenters. The molecule has 0 fully saturated rings. The molecule has 1 N–H and O–H groups in total. The van der Waals surface area contributed by atoms with E-state index in [9.17, 15) is 13.2 Å². The molecule has 1 aromatic rings. The van der Waals surface area contributed by atoms with Gasteiger partial charge in [0, 0.05) is 30.6 Å². The van der Waals surface area contributed by atoms with Crippen molar-refractivity contribution in [2.24, 2.45) is 0 Å². The van der Waals surface area contributed by atoms with Crippen LogP contribution in [0, 0.1) is 0 Å². The highest BCUT2D eigenvalue weighted by atomic mass is 35.5. The zero-order chi connectivity index (χ0) is 10.6. The molecule has 0 aromatic carbocycles. The van der Waals surface area contributed by atoms with Crippen molar-refractivity contribution in [2.45, 2.75) is 30.8 Å². The summed E-state index contributed by atoms with van der Waals surface area (Å²) in [4.78, 5) is 6.67. The van der Waals surface area contributed by atoms with E-state index in [0.29, 0.717) is 12.2 Å². The van der Waals surface area contributed by atoms with Gasteiger partial charge >= 0.3 is 6.18 Å². The highest BCUT2D eigenvalue weighted by Crippen LogP contribution is 2.24. The van der Waals surface area contributed by atoms with Crippen molar-refractivity contribution in [3.8, 4) is 0 Å². The van der Waals surface area contributed by atoms with Crippen LogP contribution in [0.2, 0.25) is 0 Å². The van der Waals surface area contributed by atoms with Crippen molar-refractivity contribution in [3.63, 3.8) is 0 Å². The van der Waals surface area contributed by atoms with Crippen LogP contribution in [-0.2, 0) is 6.42 Å². The molecule has 80 valence electrons. The summed E-state index contributed by atoms with van der Waals surface area (Å²) in [5.74, 6) is 0.618. The molecule has 1 aromatic heterocycles. The van der Waals surface area contributed by atoms with E-state index in [1.807, 2.05) is 0 Å². The lowest BCUT2D eigenvalue weighted by Gasteiger charge is -2.09. The first-order valence-electron chi connectivity index (χ1n) is 4.16. The number of aromatic nitrogens is 2. The van der Waals surface area contributed by atoms with E-state index in [0.717, 1.165) is 0 Å². The quantitative estimate of drug-likeness (QED) is 0.786. The maximum atomic E-state index is 11.8. The summed E-state index contributed by atoms with van der Waals surface area (Å²) in [5.41, 5.74) is 0. The summed E-state index contributed by atoms with van der Waals surface area (Å²) in [6.07, 6.45) is -1.56. The predicted molar refractivity (Wildman–Crippen MR) is 47.2 cm³/mol. The Hall–Kier alpha value is -0.710. The van der Waals surface area contributed by atoms with Crippen LogP contribution in [0.3, 0.4) is 0 Å². The van der Waals surface area contributed by atoms with Gasteiger partial charge in [-0.25, -0.2) is 4.98 Å². The first kappa shape index (κ1) is 11.4. The minimum Gasteiger partial charge on any atom is -0.349 e. The Kier molecular flexibility index (Phi) is 3.80. The van der Waals surface area contributed by atoms with Crippen LogP contribution in [0.4, 0.5) is 13.2 Å². The highest BCUT2D eigenvalue weighted by Gasteiger charge is 2.27. The minimum atomic E-state index is -4.13. The number of hydrogen-bond donors (Lipinski definition) is 1. The van der Waals surface area contributed by atoms with Gasteiger partial charge in [-0.2, -0.15) is 13.2 Å². The molecule has 14 heavy (non-hydrogen) atoms. The summed E-state index contributed by atoms with van der Waals surface area (Å²) in [6, 6.07) is 0. The monoisotopic (exact) mass is 226 g/mol. The van der Waals surface area contributed by atoms with Gasteiger partial charge in [0.2, 0.25) is 0 Å². The van der Waals surface area contributed by atoms with Gasteiger partial charge in [0.15, 0.2) is 0 Å². The highest BCUT2D eigenvalue weighted by molar-refractivity contribution is 6.20. The molecule has 0 saturated heterocycles. The molecular weight excluding hydrogens is 217 g/mol. The van der Waals surface area contributed by atoms with E-state index >= 15 is 0 Å². The zero-order valence-corrected chi connectivity index (χ0v) is 8.07. The number of nitrogens with one attached hydrogen (secondary N) is 1. The van der Waals surface area contributed by atoms with Gasteiger partial charge in [-0.15, -0.1) is 11.6 Å². The largest absolute Gasteiger partial charge is 0.389 e. The molecule has 0 bridgehead atoms. The number of nitrogens with zero attached hydrogens (tertiary/aromatic N) is 1. The van der Waals surface area contributed by atoms with Crippen molar-refractivity contribution in [1.82, 2.24) is 9.97 Å². The standard InChI is InChI=1S/C8H10ClF3N2/c9-6(1-2-8(10,11)12)5-7-13-3-4-14-7/h3-4,6H,1-2,5H2,(H,13,14). The van der Waals surface area contributed by atoms with E-state index in [4.69, 9.17) is 11.6 Å². The summed E-state index contributed by atoms with van der Waals surface area (Å²) in [5, 5.41) is -0.525. The molecule has 0 aliphatic heterocycles. The van der Waals surface area contributed by atoms with Gasteiger partial charge in [0.1, 0.15) is 5.82 Å². The maximum absolute atomic E-state index is 11.8. The van der Waals surface area contributed by atoms with Crippen molar-refractivity contribution < 1.29 is 13.2 Å². The van der Waals surface area contributed by atoms with E-state index < -0.39 is 18.0 Å². The molecule has 1 unspecified atom stereocenters. The molecule has 0 aliphatic carbocycles. The molecule has 0 spiro atoms. The van der Waals surface area contributed by atoms with E-state index in [1.54, 1.807) is 12.4 Å². The lowest BCUT2D eigenvalue weighted by Crippen LogP contribution is -2.13. The summed E-state index contributed by atoms with van der Waals surface area (Å²) in [6.45, 7) is 0. The number of halogens is 4. The molecule has 1 rings (SSSR count). The number of aromatic amines is 1. The molecular formula is C8H10ClF3N2. The van der Waals surface area contributed by atoms with Crippen LogP contribution in [-0.4, -0.2) is 21.5 Å². The minimum absolute atomic E-state index is 0.0776. The lowest BCUT2D eigenvalue weighted by molar-refractivity contribution is -0.135. The Balaban J connectivity index is 2.26. The van der Waals surface area contributed by atoms with Crippen LogP contribution in [0.1, 0.15) is 18.7 Å². The molecule has 0 radical (unpaired) electrons. The zero-order valence-electron chi connectivity index (χ0n) is 7.31. The predicted octanol–water partition coefficient (Wildman–Crippen LogP) is 2.90. The fourth-order valence-corrected chi connectivity index (χ4v) is 1.30.